The number of imidazole rings is 1. The van der Waals surface area contributed by atoms with Crippen molar-refractivity contribution in [3.8, 4) is 0 Å². The van der Waals surface area contributed by atoms with E-state index >= 15 is 0 Å². The minimum atomic E-state index is -0.452. The molecule has 0 amide bonds. The van der Waals surface area contributed by atoms with E-state index in [-0.39, 0.29) is 11.5 Å². The third kappa shape index (κ3) is 2.87. The topological polar surface area (TPSA) is 71.8 Å². The van der Waals surface area contributed by atoms with Gasteiger partial charge >= 0.3 is 0 Å². The van der Waals surface area contributed by atoms with Crippen molar-refractivity contribution in [3.05, 3.63) is 64.0 Å². The van der Waals surface area contributed by atoms with Gasteiger partial charge in [-0.1, -0.05) is 30.0 Å². The Labute approximate surface area is 123 Å². The summed E-state index contributed by atoms with van der Waals surface area (Å²) in [5.74, 6) is 0.186. The van der Waals surface area contributed by atoms with E-state index in [1.165, 1.54) is 30.0 Å². The van der Waals surface area contributed by atoms with Crippen molar-refractivity contribution in [2.24, 2.45) is 0 Å². The molecule has 0 aliphatic carbocycles. The van der Waals surface area contributed by atoms with Crippen LogP contribution in [-0.2, 0) is 5.75 Å². The van der Waals surface area contributed by atoms with Crippen LogP contribution in [0.4, 0.5) is 10.1 Å². The summed E-state index contributed by atoms with van der Waals surface area (Å²) in [6.45, 7) is 0. The number of nitro groups is 1. The summed E-state index contributed by atoms with van der Waals surface area (Å²) in [6, 6.07) is 11.0. The Bertz CT molecular complexity index is 819. The fraction of sp³-hybridized carbons (Fsp3) is 0.0714. The quantitative estimate of drug-likeness (QED) is 0.451. The molecule has 0 fully saturated rings. The number of rotatable bonds is 4. The molecule has 0 saturated heterocycles. The van der Waals surface area contributed by atoms with Crippen LogP contribution in [0.15, 0.2) is 47.6 Å². The monoisotopic (exact) mass is 303 g/mol. The van der Waals surface area contributed by atoms with Crippen LogP contribution in [0.1, 0.15) is 5.56 Å². The van der Waals surface area contributed by atoms with Gasteiger partial charge in [0, 0.05) is 17.9 Å². The van der Waals surface area contributed by atoms with Crippen molar-refractivity contribution < 1.29 is 9.31 Å². The highest BCUT2D eigenvalue weighted by molar-refractivity contribution is 7.98. The summed E-state index contributed by atoms with van der Waals surface area (Å²) < 4.78 is 13.5. The van der Waals surface area contributed by atoms with Crippen molar-refractivity contribution in [1.82, 2.24) is 9.97 Å². The third-order valence-electron chi connectivity index (χ3n) is 2.98. The molecule has 0 spiro atoms. The summed E-state index contributed by atoms with van der Waals surface area (Å²) >= 11 is 1.35. The number of fused-ring (bicyclic) bond motifs is 1. The second-order valence-corrected chi connectivity index (χ2v) is 5.34. The van der Waals surface area contributed by atoms with Crippen LogP contribution in [0.3, 0.4) is 0 Å². The Balaban J connectivity index is 1.82. The molecule has 0 bridgehead atoms. The lowest BCUT2D eigenvalue weighted by Gasteiger charge is -2.00. The van der Waals surface area contributed by atoms with Crippen LogP contribution < -0.4 is 0 Å². The molecule has 1 heterocycles. The van der Waals surface area contributed by atoms with Crippen LogP contribution in [-0.4, -0.2) is 14.9 Å². The van der Waals surface area contributed by atoms with Gasteiger partial charge in [-0.2, -0.15) is 0 Å². The number of non-ortho nitro benzene ring substituents is 1. The summed E-state index contributed by atoms with van der Waals surface area (Å²) in [7, 11) is 0. The van der Waals surface area contributed by atoms with E-state index in [2.05, 4.69) is 9.97 Å². The van der Waals surface area contributed by atoms with E-state index in [9.17, 15) is 14.5 Å². The zero-order valence-electron chi connectivity index (χ0n) is 10.7. The molecule has 1 N–H and O–H groups in total. The fourth-order valence-corrected chi connectivity index (χ4v) is 2.79. The number of nitrogens with one attached hydrogen (secondary N) is 1. The van der Waals surface area contributed by atoms with Gasteiger partial charge in [0.15, 0.2) is 5.16 Å². The van der Waals surface area contributed by atoms with Gasteiger partial charge in [0.05, 0.1) is 16.0 Å². The van der Waals surface area contributed by atoms with Crippen molar-refractivity contribution in [3.63, 3.8) is 0 Å². The van der Waals surface area contributed by atoms with E-state index < -0.39 is 4.92 Å². The Morgan fingerprint density at radius 2 is 2.10 bits per heavy atom. The summed E-state index contributed by atoms with van der Waals surface area (Å²) in [4.78, 5) is 17.6. The molecule has 3 rings (SSSR count). The molecular formula is C14H10FN3O2S. The van der Waals surface area contributed by atoms with Gasteiger partial charge in [0.2, 0.25) is 0 Å². The zero-order valence-corrected chi connectivity index (χ0v) is 11.6. The lowest BCUT2D eigenvalue weighted by atomic mass is 10.2. The Kier molecular flexibility index (Phi) is 3.57. The van der Waals surface area contributed by atoms with E-state index in [0.717, 1.165) is 0 Å². The first-order valence-corrected chi connectivity index (χ1v) is 7.12. The smallest absolute Gasteiger partial charge is 0.271 e. The maximum absolute atomic E-state index is 13.5. The average molecular weight is 303 g/mol. The predicted octanol–water partition coefficient (Wildman–Crippen LogP) is 3.90. The fourth-order valence-electron chi connectivity index (χ4n) is 1.92. The van der Waals surface area contributed by atoms with Crippen molar-refractivity contribution in [1.29, 1.82) is 0 Å². The SMILES string of the molecule is O=[N+]([O-])c1ccc2nc(SCc3ccccc3F)[nH]c2c1. The number of nitrogens with zero attached hydrogens (tertiary/aromatic N) is 2. The molecule has 7 heteroatoms. The number of nitro benzene ring substituents is 1. The molecule has 2 aromatic carbocycles. The molecule has 21 heavy (non-hydrogen) atoms. The number of hydrogen-bond acceptors (Lipinski definition) is 4. The number of thioether (sulfide) groups is 1. The van der Waals surface area contributed by atoms with Gasteiger partial charge in [-0.3, -0.25) is 10.1 Å². The number of hydrogen-bond donors (Lipinski definition) is 1. The predicted molar refractivity (Wildman–Crippen MR) is 78.7 cm³/mol. The first-order chi connectivity index (χ1) is 10.1. The Morgan fingerprint density at radius 1 is 1.29 bits per heavy atom. The summed E-state index contributed by atoms with van der Waals surface area (Å²) in [5.41, 5.74) is 1.85. The normalized spacial score (nSPS) is 10.9. The Hall–Kier alpha value is -2.41. The minimum Gasteiger partial charge on any atom is -0.333 e. The molecular weight excluding hydrogens is 293 g/mol. The van der Waals surface area contributed by atoms with Gasteiger partial charge in [0.25, 0.3) is 5.69 Å². The maximum atomic E-state index is 13.5. The van der Waals surface area contributed by atoms with Crippen LogP contribution in [0.25, 0.3) is 11.0 Å². The van der Waals surface area contributed by atoms with E-state index in [1.807, 2.05) is 0 Å². The highest BCUT2D eigenvalue weighted by atomic mass is 32.2. The molecule has 0 aliphatic rings. The number of benzene rings is 2. The second-order valence-electron chi connectivity index (χ2n) is 4.38. The molecule has 5 nitrogen and oxygen atoms in total. The van der Waals surface area contributed by atoms with Crippen LogP contribution in [0, 0.1) is 15.9 Å². The lowest BCUT2D eigenvalue weighted by molar-refractivity contribution is -0.384. The molecule has 0 atom stereocenters. The number of aromatic amines is 1. The van der Waals surface area contributed by atoms with Gasteiger partial charge in [0.1, 0.15) is 5.82 Å². The van der Waals surface area contributed by atoms with Crippen molar-refractivity contribution in [2.45, 2.75) is 10.9 Å². The number of aromatic nitrogens is 2. The van der Waals surface area contributed by atoms with Gasteiger partial charge in [-0.25, -0.2) is 9.37 Å². The van der Waals surface area contributed by atoms with E-state index in [1.54, 1.807) is 24.3 Å². The van der Waals surface area contributed by atoms with Gasteiger partial charge in [-0.05, 0) is 17.7 Å². The van der Waals surface area contributed by atoms with Crippen molar-refractivity contribution >= 4 is 28.5 Å². The zero-order chi connectivity index (χ0) is 14.8. The number of H-pyrrole nitrogens is 1. The van der Waals surface area contributed by atoms with Crippen LogP contribution >= 0.6 is 11.8 Å². The van der Waals surface area contributed by atoms with Gasteiger partial charge < -0.3 is 4.98 Å². The highest BCUT2D eigenvalue weighted by Crippen LogP contribution is 2.26. The van der Waals surface area contributed by atoms with E-state index in [0.29, 0.717) is 27.5 Å². The highest BCUT2D eigenvalue weighted by Gasteiger charge is 2.10. The second kappa shape index (κ2) is 5.53. The van der Waals surface area contributed by atoms with Crippen LogP contribution in [0.2, 0.25) is 0 Å². The van der Waals surface area contributed by atoms with Crippen molar-refractivity contribution in [2.75, 3.05) is 0 Å². The first-order valence-electron chi connectivity index (χ1n) is 6.14. The lowest BCUT2D eigenvalue weighted by Crippen LogP contribution is -1.87. The molecule has 106 valence electrons. The van der Waals surface area contributed by atoms with E-state index in [4.69, 9.17) is 0 Å². The average Bonchev–Trinajstić information content (AvgIpc) is 2.88. The first kappa shape index (κ1) is 13.6. The summed E-state index contributed by atoms with van der Waals surface area (Å²) in [6.07, 6.45) is 0. The molecule has 3 aromatic rings. The number of halogens is 1. The largest absolute Gasteiger partial charge is 0.333 e. The molecule has 0 radical (unpaired) electrons. The standard InChI is InChI=1S/C14H10FN3O2S/c15-11-4-2-1-3-9(11)8-21-14-16-12-6-5-10(18(19)20)7-13(12)17-14/h1-7H,8H2,(H,16,17). The third-order valence-corrected chi connectivity index (χ3v) is 3.90. The van der Waals surface area contributed by atoms with Crippen LogP contribution in [0.5, 0.6) is 0 Å². The molecule has 1 aromatic heterocycles. The summed E-state index contributed by atoms with van der Waals surface area (Å²) in [5, 5.41) is 11.3. The maximum Gasteiger partial charge on any atom is 0.271 e. The Morgan fingerprint density at radius 3 is 2.86 bits per heavy atom. The van der Waals surface area contributed by atoms with Gasteiger partial charge in [-0.15, -0.1) is 0 Å². The minimum absolute atomic E-state index is 0.0109. The molecule has 0 saturated carbocycles. The molecule has 0 aliphatic heterocycles. The molecule has 0 unspecified atom stereocenters.